The Morgan fingerprint density at radius 1 is 1.10 bits per heavy atom. The summed E-state index contributed by atoms with van der Waals surface area (Å²) < 4.78 is 0. The number of carbonyl (C=O) groups excluding carboxylic acids is 1. The average Bonchev–Trinajstić information content (AvgIpc) is 2.52. The van der Waals surface area contributed by atoms with Crippen LogP contribution in [0.5, 0.6) is 5.75 Å². The molecule has 0 aliphatic heterocycles. The quantitative estimate of drug-likeness (QED) is 0.667. The van der Waals surface area contributed by atoms with Crippen LogP contribution in [0.25, 0.3) is 6.08 Å². The molecule has 0 radical (unpaired) electrons. The Kier molecular flexibility index (Phi) is 4.88. The van der Waals surface area contributed by atoms with E-state index in [2.05, 4.69) is 10.5 Å². The summed E-state index contributed by atoms with van der Waals surface area (Å²) >= 11 is 0. The van der Waals surface area contributed by atoms with Gasteiger partial charge in [-0.25, -0.2) is 5.43 Å². The van der Waals surface area contributed by atoms with Crippen molar-refractivity contribution in [3.8, 4) is 5.75 Å². The number of nitrogens with zero attached hydrogens (tertiary/aromatic N) is 1. The van der Waals surface area contributed by atoms with Crippen LogP contribution in [0.3, 0.4) is 0 Å². The molecule has 0 bridgehead atoms. The fourth-order valence-corrected chi connectivity index (χ4v) is 1.68. The minimum atomic E-state index is -0.444. The summed E-state index contributed by atoms with van der Waals surface area (Å²) in [5.41, 5.74) is 4.32. The van der Waals surface area contributed by atoms with E-state index in [1.807, 2.05) is 36.4 Å². The number of phenolic OH excluding ortho intramolecular Hbond substituents is 1. The molecular formula is C17H16N2O2. The van der Waals surface area contributed by atoms with Gasteiger partial charge in [0, 0.05) is 0 Å². The molecule has 2 aromatic carbocycles. The van der Waals surface area contributed by atoms with E-state index >= 15 is 0 Å². The predicted molar refractivity (Wildman–Crippen MR) is 84.2 cm³/mol. The lowest BCUT2D eigenvalue weighted by molar-refractivity contribution is 0.0952. The molecule has 4 heteroatoms. The SMILES string of the molecule is CC(/C=C/c1ccccc1)=N/NC(=O)c1ccccc1O. The van der Waals surface area contributed by atoms with Crippen LogP contribution in [-0.4, -0.2) is 16.7 Å². The number of nitrogens with one attached hydrogen (secondary N) is 1. The third-order valence-electron chi connectivity index (χ3n) is 2.80. The molecule has 0 aliphatic carbocycles. The molecule has 0 heterocycles. The van der Waals surface area contributed by atoms with Crippen molar-refractivity contribution in [3.05, 3.63) is 71.8 Å². The van der Waals surface area contributed by atoms with Gasteiger partial charge in [-0.15, -0.1) is 0 Å². The van der Waals surface area contributed by atoms with E-state index in [-0.39, 0.29) is 11.3 Å². The van der Waals surface area contributed by atoms with Crippen molar-refractivity contribution in [1.29, 1.82) is 0 Å². The number of hydrogen-bond donors (Lipinski definition) is 2. The second-order valence-corrected chi connectivity index (χ2v) is 4.46. The highest BCUT2D eigenvalue weighted by Crippen LogP contribution is 2.14. The molecule has 0 spiro atoms. The molecule has 0 aliphatic rings. The Morgan fingerprint density at radius 2 is 1.76 bits per heavy atom. The predicted octanol–water partition coefficient (Wildman–Crippen LogP) is 3.21. The zero-order valence-corrected chi connectivity index (χ0v) is 11.7. The molecule has 0 aromatic heterocycles. The molecule has 106 valence electrons. The van der Waals surface area contributed by atoms with Crippen LogP contribution in [-0.2, 0) is 0 Å². The van der Waals surface area contributed by atoms with Crippen LogP contribution in [0, 0.1) is 0 Å². The number of para-hydroxylation sites is 1. The number of aromatic hydroxyl groups is 1. The second kappa shape index (κ2) is 7.05. The average molecular weight is 280 g/mol. The molecule has 2 aromatic rings. The molecule has 0 saturated carbocycles. The lowest BCUT2D eigenvalue weighted by Gasteiger charge is -2.02. The van der Waals surface area contributed by atoms with Gasteiger partial charge in [0.05, 0.1) is 11.3 Å². The van der Waals surface area contributed by atoms with Crippen molar-refractivity contribution in [2.45, 2.75) is 6.92 Å². The smallest absolute Gasteiger partial charge is 0.275 e. The molecule has 1 amide bonds. The van der Waals surface area contributed by atoms with Gasteiger partial charge in [0.15, 0.2) is 0 Å². The molecule has 0 fully saturated rings. The van der Waals surface area contributed by atoms with E-state index in [0.29, 0.717) is 5.71 Å². The van der Waals surface area contributed by atoms with Gasteiger partial charge in [-0.05, 0) is 30.7 Å². The summed E-state index contributed by atoms with van der Waals surface area (Å²) in [5, 5.41) is 13.6. The Balaban J connectivity index is 1.99. The van der Waals surface area contributed by atoms with Gasteiger partial charge < -0.3 is 5.11 Å². The highest BCUT2D eigenvalue weighted by atomic mass is 16.3. The molecule has 0 unspecified atom stereocenters. The molecule has 4 nitrogen and oxygen atoms in total. The van der Waals surface area contributed by atoms with Gasteiger partial charge >= 0.3 is 0 Å². The summed E-state index contributed by atoms with van der Waals surface area (Å²) in [4.78, 5) is 11.8. The second-order valence-electron chi connectivity index (χ2n) is 4.46. The highest BCUT2D eigenvalue weighted by molar-refractivity contribution is 6.00. The van der Waals surface area contributed by atoms with E-state index in [9.17, 15) is 9.90 Å². The summed E-state index contributed by atoms with van der Waals surface area (Å²) in [6.45, 7) is 1.78. The molecule has 0 atom stereocenters. The molecule has 21 heavy (non-hydrogen) atoms. The highest BCUT2D eigenvalue weighted by Gasteiger charge is 2.08. The first-order valence-corrected chi connectivity index (χ1v) is 6.52. The van der Waals surface area contributed by atoms with Gasteiger partial charge in [-0.2, -0.15) is 5.10 Å². The van der Waals surface area contributed by atoms with Crippen molar-refractivity contribution in [3.63, 3.8) is 0 Å². The zero-order chi connectivity index (χ0) is 15.1. The number of hydrogen-bond acceptors (Lipinski definition) is 3. The Morgan fingerprint density at radius 3 is 2.48 bits per heavy atom. The fraction of sp³-hybridized carbons (Fsp3) is 0.0588. The number of phenols is 1. The lowest BCUT2D eigenvalue weighted by Crippen LogP contribution is -2.18. The largest absolute Gasteiger partial charge is 0.507 e. The number of carbonyl (C=O) groups is 1. The minimum Gasteiger partial charge on any atom is -0.507 e. The van der Waals surface area contributed by atoms with E-state index in [1.54, 1.807) is 25.1 Å². The number of benzene rings is 2. The normalized spacial score (nSPS) is 11.6. The third-order valence-corrected chi connectivity index (χ3v) is 2.80. The number of hydrazone groups is 1. The summed E-state index contributed by atoms with van der Waals surface area (Å²) in [5.74, 6) is -0.511. The minimum absolute atomic E-state index is 0.0670. The molecule has 2 N–H and O–H groups in total. The number of rotatable bonds is 4. The Bertz CT molecular complexity index is 676. The van der Waals surface area contributed by atoms with E-state index in [4.69, 9.17) is 0 Å². The zero-order valence-electron chi connectivity index (χ0n) is 11.7. The van der Waals surface area contributed by atoms with Crippen LogP contribution in [0.1, 0.15) is 22.8 Å². The monoisotopic (exact) mass is 280 g/mol. The first kappa shape index (κ1) is 14.5. The molecular weight excluding hydrogens is 264 g/mol. The van der Waals surface area contributed by atoms with Gasteiger partial charge in [0.2, 0.25) is 0 Å². The lowest BCUT2D eigenvalue weighted by atomic mass is 10.2. The first-order chi connectivity index (χ1) is 10.2. The fourth-order valence-electron chi connectivity index (χ4n) is 1.68. The summed E-state index contributed by atoms with van der Waals surface area (Å²) in [7, 11) is 0. The summed E-state index contributed by atoms with van der Waals surface area (Å²) in [6.07, 6.45) is 3.71. The molecule has 2 rings (SSSR count). The number of amides is 1. The van der Waals surface area contributed by atoms with Gasteiger partial charge in [0.25, 0.3) is 5.91 Å². The van der Waals surface area contributed by atoms with Gasteiger partial charge in [-0.3, -0.25) is 4.79 Å². The van der Waals surface area contributed by atoms with Gasteiger partial charge in [-0.1, -0.05) is 48.5 Å². The van der Waals surface area contributed by atoms with E-state index in [1.165, 1.54) is 12.1 Å². The first-order valence-electron chi connectivity index (χ1n) is 6.52. The van der Waals surface area contributed by atoms with Crippen LogP contribution in [0.2, 0.25) is 0 Å². The Labute approximate surface area is 123 Å². The third kappa shape index (κ3) is 4.31. The van der Waals surface area contributed by atoms with E-state index < -0.39 is 5.91 Å². The van der Waals surface area contributed by atoms with E-state index in [0.717, 1.165) is 5.56 Å². The van der Waals surface area contributed by atoms with Crippen LogP contribution in [0.15, 0.2) is 65.8 Å². The summed E-state index contributed by atoms with van der Waals surface area (Å²) in [6, 6.07) is 16.1. The van der Waals surface area contributed by atoms with Crippen molar-refractivity contribution in [2.24, 2.45) is 5.10 Å². The number of allylic oxidation sites excluding steroid dienone is 1. The van der Waals surface area contributed by atoms with Crippen LogP contribution < -0.4 is 5.43 Å². The maximum Gasteiger partial charge on any atom is 0.275 e. The van der Waals surface area contributed by atoms with Crippen LogP contribution >= 0.6 is 0 Å². The maximum absolute atomic E-state index is 11.8. The van der Waals surface area contributed by atoms with Gasteiger partial charge in [0.1, 0.15) is 5.75 Å². The molecule has 0 saturated heterocycles. The van der Waals surface area contributed by atoms with Crippen molar-refractivity contribution < 1.29 is 9.90 Å². The van der Waals surface area contributed by atoms with Crippen LogP contribution in [0.4, 0.5) is 0 Å². The van der Waals surface area contributed by atoms with Crippen molar-refractivity contribution in [1.82, 2.24) is 5.43 Å². The van der Waals surface area contributed by atoms with Crippen molar-refractivity contribution >= 4 is 17.7 Å². The van der Waals surface area contributed by atoms with Crippen molar-refractivity contribution in [2.75, 3.05) is 0 Å². The topological polar surface area (TPSA) is 61.7 Å². The standard InChI is InChI=1S/C17H16N2O2/c1-13(11-12-14-7-3-2-4-8-14)18-19-17(21)15-9-5-6-10-16(15)20/h2-12,20H,1H3,(H,19,21)/b12-11+,18-13-. The Hall–Kier alpha value is -2.88. The maximum atomic E-state index is 11.8.